The van der Waals surface area contributed by atoms with Crippen molar-refractivity contribution in [3.05, 3.63) is 0 Å². The highest BCUT2D eigenvalue weighted by molar-refractivity contribution is 4.94. The van der Waals surface area contributed by atoms with Gasteiger partial charge < -0.3 is 4.74 Å². The van der Waals surface area contributed by atoms with Gasteiger partial charge in [0, 0.05) is 13.2 Å². The van der Waals surface area contributed by atoms with Crippen LogP contribution in [0.2, 0.25) is 0 Å². The molecule has 11 heavy (non-hydrogen) atoms. The molecule has 2 aliphatic rings. The molecule has 1 heterocycles. The van der Waals surface area contributed by atoms with Gasteiger partial charge in [-0.25, -0.2) is 0 Å². The third-order valence-electron chi connectivity index (χ3n) is 3.57. The predicted molar refractivity (Wildman–Crippen MR) is 45.5 cm³/mol. The maximum atomic E-state index is 5.37. The van der Waals surface area contributed by atoms with Gasteiger partial charge in [-0.3, -0.25) is 0 Å². The van der Waals surface area contributed by atoms with Crippen molar-refractivity contribution in [3.63, 3.8) is 0 Å². The van der Waals surface area contributed by atoms with Crippen LogP contribution in [0.15, 0.2) is 0 Å². The van der Waals surface area contributed by atoms with E-state index in [9.17, 15) is 0 Å². The molecule has 0 atom stereocenters. The van der Waals surface area contributed by atoms with Crippen LogP contribution in [0, 0.1) is 11.3 Å². The summed E-state index contributed by atoms with van der Waals surface area (Å²) in [7, 11) is 0. The van der Waals surface area contributed by atoms with Gasteiger partial charge in [0.2, 0.25) is 0 Å². The summed E-state index contributed by atoms with van der Waals surface area (Å²) in [5.74, 6) is 1.05. The van der Waals surface area contributed by atoms with Crippen LogP contribution in [0.1, 0.15) is 39.0 Å². The van der Waals surface area contributed by atoms with Crippen molar-refractivity contribution in [2.75, 3.05) is 13.2 Å². The minimum Gasteiger partial charge on any atom is -0.381 e. The van der Waals surface area contributed by atoms with E-state index in [0.717, 1.165) is 24.5 Å². The molecule has 0 bridgehead atoms. The van der Waals surface area contributed by atoms with Crippen LogP contribution in [-0.2, 0) is 4.74 Å². The predicted octanol–water partition coefficient (Wildman–Crippen LogP) is 2.60. The molecule has 1 aliphatic heterocycles. The summed E-state index contributed by atoms with van der Waals surface area (Å²) in [6, 6.07) is 0. The van der Waals surface area contributed by atoms with Crippen molar-refractivity contribution in [1.29, 1.82) is 0 Å². The summed E-state index contributed by atoms with van der Waals surface area (Å²) < 4.78 is 5.37. The van der Waals surface area contributed by atoms with E-state index in [-0.39, 0.29) is 0 Å². The highest BCUT2D eigenvalue weighted by Gasteiger charge is 2.43. The van der Waals surface area contributed by atoms with E-state index in [2.05, 4.69) is 6.92 Å². The summed E-state index contributed by atoms with van der Waals surface area (Å²) >= 11 is 0. The second-order valence-electron chi connectivity index (χ2n) is 4.29. The zero-order valence-corrected chi connectivity index (χ0v) is 7.44. The van der Waals surface area contributed by atoms with Crippen LogP contribution in [-0.4, -0.2) is 13.2 Å². The fourth-order valence-corrected chi connectivity index (χ4v) is 2.67. The van der Waals surface area contributed by atoms with E-state index in [1.165, 1.54) is 32.1 Å². The Morgan fingerprint density at radius 2 is 1.91 bits per heavy atom. The lowest BCUT2D eigenvalue weighted by molar-refractivity contribution is -0.0594. The summed E-state index contributed by atoms with van der Waals surface area (Å²) in [4.78, 5) is 0. The average molecular weight is 154 g/mol. The van der Waals surface area contributed by atoms with Crippen molar-refractivity contribution < 1.29 is 4.74 Å². The van der Waals surface area contributed by atoms with Crippen LogP contribution in [0.25, 0.3) is 0 Å². The Bertz CT molecular complexity index is 128. The molecule has 1 heteroatoms. The highest BCUT2D eigenvalue weighted by Crippen LogP contribution is 2.53. The molecule has 64 valence electrons. The SMILES string of the molecule is CCC1CC2(CCOCC2)C1. The maximum absolute atomic E-state index is 5.37. The molecule has 2 fully saturated rings. The molecule has 0 aromatic carbocycles. The van der Waals surface area contributed by atoms with Crippen molar-refractivity contribution in [3.8, 4) is 0 Å². The largest absolute Gasteiger partial charge is 0.381 e. The molecule has 1 spiro atoms. The van der Waals surface area contributed by atoms with Gasteiger partial charge in [-0.05, 0) is 37.0 Å². The van der Waals surface area contributed by atoms with Gasteiger partial charge in [-0.2, -0.15) is 0 Å². The van der Waals surface area contributed by atoms with Crippen LogP contribution < -0.4 is 0 Å². The van der Waals surface area contributed by atoms with E-state index in [0.29, 0.717) is 0 Å². The van der Waals surface area contributed by atoms with Crippen LogP contribution in [0.5, 0.6) is 0 Å². The molecule has 1 saturated carbocycles. The lowest BCUT2D eigenvalue weighted by Crippen LogP contribution is -2.41. The lowest BCUT2D eigenvalue weighted by atomic mass is 9.58. The fraction of sp³-hybridized carbons (Fsp3) is 1.00. The lowest BCUT2D eigenvalue weighted by Gasteiger charge is -2.50. The first kappa shape index (κ1) is 7.60. The molecule has 1 aliphatic carbocycles. The summed E-state index contributed by atoms with van der Waals surface area (Å²) in [6.45, 7) is 4.36. The first-order valence-corrected chi connectivity index (χ1v) is 4.92. The van der Waals surface area contributed by atoms with Crippen molar-refractivity contribution >= 4 is 0 Å². The van der Waals surface area contributed by atoms with Gasteiger partial charge in [0.05, 0.1) is 0 Å². The molecule has 0 amide bonds. The second-order valence-corrected chi connectivity index (χ2v) is 4.29. The Morgan fingerprint density at radius 3 is 2.45 bits per heavy atom. The quantitative estimate of drug-likeness (QED) is 0.564. The average Bonchev–Trinajstić information content (AvgIpc) is 2.01. The van der Waals surface area contributed by atoms with Crippen molar-refractivity contribution in [2.24, 2.45) is 11.3 Å². The van der Waals surface area contributed by atoms with E-state index >= 15 is 0 Å². The second kappa shape index (κ2) is 2.78. The smallest absolute Gasteiger partial charge is 0.0471 e. The van der Waals surface area contributed by atoms with E-state index < -0.39 is 0 Å². The molecule has 0 aromatic rings. The highest BCUT2D eigenvalue weighted by atomic mass is 16.5. The third kappa shape index (κ3) is 1.31. The topological polar surface area (TPSA) is 9.23 Å². The first-order chi connectivity index (χ1) is 5.35. The van der Waals surface area contributed by atoms with E-state index in [1.807, 2.05) is 0 Å². The zero-order chi connectivity index (χ0) is 7.73. The fourth-order valence-electron chi connectivity index (χ4n) is 2.67. The van der Waals surface area contributed by atoms with E-state index in [1.54, 1.807) is 0 Å². The number of rotatable bonds is 1. The summed E-state index contributed by atoms with van der Waals surface area (Å²) in [6.07, 6.45) is 7.05. The molecule has 0 unspecified atom stereocenters. The van der Waals surface area contributed by atoms with Gasteiger partial charge in [-0.1, -0.05) is 13.3 Å². The maximum Gasteiger partial charge on any atom is 0.0471 e. The van der Waals surface area contributed by atoms with E-state index in [4.69, 9.17) is 4.74 Å². The Labute approximate surface area is 69.1 Å². The Morgan fingerprint density at radius 1 is 1.27 bits per heavy atom. The summed E-state index contributed by atoms with van der Waals surface area (Å²) in [5.41, 5.74) is 0.749. The number of hydrogen-bond donors (Lipinski definition) is 0. The third-order valence-corrected chi connectivity index (χ3v) is 3.57. The van der Waals surface area contributed by atoms with Gasteiger partial charge in [-0.15, -0.1) is 0 Å². The molecule has 1 saturated heterocycles. The van der Waals surface area contributed by atoms with Crippen molar-refractivity contribution in [1.82, 2.24) is 0 Å². The van der Waals surface area contributed by atoms with Gasteiger partial charge in [0.15, 0.2) is 0 Å². The number of hydrogen-bond acceptors (Lipinski definition) is 1. The minimum atomic E-state index is 0.749. The van der Waals surface area contributed by atoms with Crippen LogP contribution in [0.4, 0.5) is 0 Å². The van der Waals surface area contributed by atoms with Crippen LogP contribution >= 0.6 is 0 Å². The standard InChI is InChI=1S/C10H18O/c1-2-9-7-10(8-9)3-5-11-6-4-10/h9H,2-8H2,1H3. The molecule has 0 N–H and O–H groups in total. The summed E-state index contributed by atoms with van der Waals surface area (Å²) in [5, 5.41) is 0. The molecular weight excluding hydrogens is 136 g/mol. The number of ether oxygens (including phenoxy) is 1. The van der Waals surface area contributed by atoms with Crippen molar-refractivity contribution in [2.45, 2.75) is 39.0 Å². The zero-order valence-electron chi connectivity index (χ0n) is 7.44. The Kier molecular flexibility index (Phi) is 1.92. The minimum absolute atomic E-state index is 0.749. The molecule has 0 aromatic heterocycles. The Balaban J connectivity index is 1.84. The Hall–Kier alpha value is -0.0400. The monoisotopic (exact) mass is 154 g/mol. The van der Waals surface area contributed by atoms with Gasteiger partial charge in [0.25, 0.3) is 0 Å². The normalized spacial score (nSPS) is 30.3. The van der Waals surface area contributed by atoms with Crippen LogP contribution in [0.3, 0.4) is 0 Å². The molecule has 2 rings (SSSR count). The molecule has 1 nitrogen and oxygen atoms in total. The van der Waals surface area contributed by atoms with Gasteiger partial charge >= 0.3 is 0 Å². The molecular formula is C10H18O. The molecule has 0 radical (unpaired) electrons. The van der Waals surface area contributed by atoms with Gasteiger partial charge in [0.1, 0.15) is 0 Å². The first-order valence-electron chi connectivity index (χ1n) is 4.92.